The number of nitrogen functional groups attached to an aromatic ring is 1. The maximum Gasteiger partial charge on any atom is 0.135 e. The molecule has 0 saturated carbocycles. The number of nitrogens with zero attached hydrogens (tertiary/aromatic N) is 2. The van der Waals surface area contributed by atoms with Gasteiger partial charge in [0.15, 0.2) is 0 Å². The van der Waals surface area contributed by atoms with Gasteiger partial charge in [-0.15, -0.1) is 0 Å². The number of benzene rings is 1. The molecular weight excluding hydrogens is 222 g/mol. The number of aliphatic hydroxyl groups is 1. The summed E-state index contributed by atoms with van der Waals surface area (Å²) in [6.45, 7) is 0.820. The molecule has 0 saturated heterocycles. The summed E-state index contributed by atoms with van der Waals surface area (Å²) in [5.41, 5.74) is 8.30. The van der Waals surface area contributed by atoms with Crippen molar-refractivity contribution in [2.24, 2.45) is 0 Å². The van der Waals surface area contributed by atoms with Gasteiger partial charge in [-0.3, -0.25) is 0 Å². The summed E-state index contributed by atoms with van der Waals surface area (Å²) >= 11 is 1.78. The number of hydrogen-bond acceptors (Lipinski definition) is 4. The van der Waals surface area contributed by atoms with Crippen molar-refractivity contribution < 1.29 is 5.11 Å². The molecule has 0 aliphatic rings. The average Bonchev–Trinajstić information content (AvgIpc) is 2.63. The SMILES string of the molecule is CSCCn1c(CO)nc2cc(N)ccc21. The Kier molecular flexibility index (Phi) is 3.36. The lowest BCUT2D eigenvalue weighted by atomic mass is 10.3. The Labute approximate surface area is 98.5 Å². The van der Waals surface area contributed by atoms with Gasteiger partial charge in [-0.05, 0) is 24.5 Å². The summed E-state index contributed by atoms with van der Waals surface area (Å²) in [5.74, 6) is 1.71. The molecule has 0 unspecified atom stereocenters. The van der Waals surface area contributed by atoms with Crippen molar-refractivity contribution in [3.05, 3.63) is 24.0 Å². The molecule has 2 rings (SSSR count). The van der Waals surface area contributed by atoms with Crippen LogP contribution in [0.1, 0.15) is 5.82 Å². The number of anilines is 1. The lowest BCUT2D eigenvalue weighted by molar-refractivity contribution is 0.266. The van der Waals surface area contributed by atoms with Crippen molar-refractivity contribution in [1.29, 1.82) is 0 Å². The van der Waals surface area contributed by atoms with Crippen LogP contribution in [0.15, 0.2) is 18.2 Å². The minimum atomic E-state index is -0.0387. The van der Waals surface area contributed by atoms with E-state index in [1.54, 1.807) is 11.8 Å². The summed E-state index contributed by atoms with van der Waals surface area (Å²) in [4.78, 5) is 4.37. The molecule has 0 atom stereocenters. The molecule has 0 spiro atoms. The number of imidazole rings is 1. The summed E-state index contributed by atoms with van der Waals surface area (Å²) in [6, 6.07) is 5.65. The van der Waals surface area contributed by atoms with E-state index >= 15 is 0 Å². The second-order valence-electron chi connectivity index (χ2n) is 3.58. The van der Waals surface area contributed by atoms with Crippen LogP contribution in [0.25, 0.3) is 11.0 Å². The van der Waals surface area contributed by atoms with Crippen LogP contribution >= 0.6 is 11.8 Å². The minimum Gasteiger partial charge on any atom is -0.399 e. The number of aliphatic hydroxyl groups excluding tert-OH is 1. The molecule has 0 radical (unpaired) electrons. The Hall–Kier alpha value is -1.20. The third-order valence-electron chi connectivity index (χ3n) is 2.51. The first-order valence-corrected chi connectivity index (χ1v) is 6.50. The van der Waals surface area contributed by atoms with Gasteiger partial charge in [0.05, 0.1) is 11.0 Å². The molecule has 16 heavy (non-hydrogen) atoms. The van der Waals surface area contributed by atoms with Crippen molar-refractivity contribution >= 4 is 28.5 Å². The number of thioether (sulfide) groups is 1. The fourth-order valence-corrected chi connectivity index (χ4v) is 2.11. The molecule has 1 heterocycles. The molecular formula is C11H15N3OS. The van der Waals surface area contributed by atoms with E-state index in [9.17, 15) is 5.11 Å². The van der Waals surface area contributed by atoms with Crippen molar-refractivity contribution in [1.82, 2.24) is 9.55 Å². The highest BCUT2D eigenvalue weighted by Crippen LogP contribution is 2.19. The van der Waals surface area contributed by atoms with Crippen LogP contribution in [-0.2, 0) is 13.2 Å². The molecule has 0 aliphatic carbocycles. The van der Waals surface area contributed by atoms with Gasteiger partial charge in [0.25, 0.3) is 0 Å². The second-order valence-corrected chi connectivity index (χ2v) is 4.56. The zero-order valence-electron chi connectivity index (χ0n) is 9.18. The third-order valence-corrected chi connectivity index (χ3v) is 3.10. The number of hydrogen-bond donors (Lipinski definition) is 2. The van der Waals surface area contributed by atoms with Crippen molar-refractivity contribution in [3.8, 4) is 0 Å². The maximum absolute atomic E-state index is 9.27. The van der Waals surface area contributed by atoms with Crippen molar-refractivity contribution in [3.63, 3.8) is 0 Å². The van der Waals surface area contributed by atoms with Gasteiger partial charge in [0.2, 0.25) is 0 Å². The van der Waals surface area contributed by atoms with Crippen LogP contribution in [0.2, 0.25) is 0 Å². The highest BCUT2D eigenvalue weighted by atomic mass is 32.2. The predicted molar refractivity (Wildman–Crippen MR) is 68.5 cm³/mol. The molecule has 0 amide bonds. The Morgan fingerprint density at radius 3 is 3.00 bits per heavy atom. The first-order chi connectivity index (χ1) is 7.76. The summed E-state index contributed by atoms with van der Waals surface area (Å²) in [6.07, 6.45) is 2.07. The van der Waals surface area contributed by atoms with Gasteiger partial charge in [-0.25, -0.2) is 4.98 Å². The van der Waals surface area contributed by atoms with Gasteiger partial charge in [0, 0.05) is 18.0 Å². The van der Waals surface area contributed by atoms with Crippen LogP contribution < -0.4 is 5.73 Å². The predicted octanol–water partition coefficient (Wildman–Crippen LogP) is 1.47. The molecule has 86 valence electrons. The number of aromatic nitrogens is 2. The number of aryl methyl sites for hydroxylation is 1. The van der Waals surface area contributed by atoms with Crippen LogP contribution in [0.5, 0.6) is 0 Å². The van der Waals surface area contributed by atoms with E-state index in [0.717, 1.165) is 23.3 Å². The Morgan fingerprint density at radius 1 is 1.50 bits per heavy atom. The van der Waals surface area contributed by atoms with E-state index in [1.165, 1.54) is 0 Å². The standard InChI is InChI=1S/C11H15N3OS/c1-16-5-4-14-10-3-2-8(12)6-9(10)13-11(14)7-15/h2-3,6,15H,4-5,7,12H2,1H3. The summed E-state index contributed by atoms with van der Waals surface area (Å²) < 4.78 is 2.05. The monoisotopic (exact) mass is 237 g/mol. The quantitative estimate of drug-likeness (QED) is 0.790. The van der Waals surface area contributed by atoms with Crippen LogP contribution in [0.4, 0.5) is 5.69 Å². The van der Waals surface area contributed by atoms with Gasteiger partial charge in [-0.2, -0.15) is 11.8 Å². The maximum atomic E-state index is 9.27. The molecule has 4 nitrogen and oxygen atoms in total. The van der Waals surface area contributed by atoms with E-state index in [1.807, 2.05) is 22.8 Å². The highest BCUT2D eigenvalue weighted by Gasteiger charge is 2.09. The zero-order valence-corrected chi connectivity index (χ0v) is 10.00. The molecule has 1 aromatic heterocycles. The molecule has 0 fully saturated rings. The van der Waals surface area contributed by atoms with Crippen LogP contribution in [-0.4, -0.2) is 26.7 Å². The Balaban J connectivity index is 2.50. The first-order valence-electron chi connectivity index (χ1n) is 5.10. The van der Waals surface area contributed by atoms with Gasteiger partial charge < -0.3 is 15.4 Å². The van der Waals surface area contributed by atoms with E-state index in [-0.39, 0.29) is 6.61 Å². The number of nitrogens with two attached hydrogens (primary N) is 1. The van der Waals surface area contributed by atoms with Crippen LogP contribution in [0, 0.1) is 0 Å². The molecule has 0 bridgehead atoms. The summed E-state index contributed by atoms with van der Waals surface area (Å²) in [7, 11) is 0. The van der Waals surface area contributed by atoms with Crippen molar-refractivity contribution in [2.75, 3.05) is 17.7 Å². The van der Waals surface area contributed by atoms with E-state index in [0.29, 0.717) is 11.5 Å². The zero-order chi connectivity index (χ0) is 11.5. The smallest absolute Gasteiger partial charge is 0.135 e. The van der Waals surface area contributed by atoms with Gasteiger partial charge in [0.1, 0.15) is 12.4 Å². The molecule has 3 N–H and O–H groups in total. The minimum absolute atomic E-state index is 0.0387. The molecule has 0 aliphatic heterocycles. The first kappa shape index (κ1) is 11.3. The fourth-order valence-electron chi connectivity index (χ4n) is 1.75. The van der Waals surface area contributed by atoms with E-state index in [2.05, 4.69) is 11.2 Å². The number of rotatable bonds is 4. The largest absolute Gasteiger partial charge is 0.399 e. The number of fused-ring (bicyclic) bond motifs is 1. The van der Waals surface area contributed by atoms with E-state index < -0.39 is 0 Å². The highest BCUT2D eigenvalue weighted by molar-refractivity contribution is 7.98. The molecule has 2 aromatic rings. The third kappa shape index (κ3) is 2.01. The normalized spacial score (nSPS) is 11.1. The van der Waals surface area contributed by atoms with Gasteiger partial charge >= 0.3 is 0 Å². The average molecular weight is 237 g/mol. The second kappa shape index (κ2) is 4.76. The lowest BCUT2D eigenvalue weighted by Crippen LogP contribution is -2.05. The fraction of sp³-hybridized carbons (Fsp3) is 0.364. The lowest BCUT2D eigenvalue weighted by Gasteiger charge is -2.06. The van der Waals surface area contributed by atoms with Gasteiger partial charge in [-0.1, -0.05) is 0 Å². The van der Waals surface area contributed by atoms with Crippen molar-refractivity contribution in [2.45, 2.75) is 13.2 Å². The Morgan fingerprint density at radius 2 is 2.31 bits per heavy atom. The van der Waals surface area contributed by atoms with E-state index in [4.69, 9.17) is 5.73 Å². The summed E-state index contributed by atoms with van der Waals surface area (Å²) in [5, 5.41) is 9.27. The Bertz CT molecular complexity index is 495. The topological polar surface area (TPSA) is 64.1 Å². The molecule has 5 heteroatoms. The molecule has 1 aromatic carbocycles. The van der Waals surface area contributed by atoms with Crippen LogP contribution in [0.3, 0.4) is 0 Å².